The van der Waals surface area contributed by atoms with Gasteiger partial charge in [0.1, 0.15) is 11.9 Å². The number of hydrogen-bond acceptors (Lipinski definition) is 5. The molecular formula is C7H10N4O3. The highest BCUT2D eigenvalue weighted by Gasteiger charge is 2.37. The van der Waals surface area contributed by atoms with Crippen LogP contribution in [0.15, 0.2) is 6.20 Å². The van der Waals surface area contributed by atoms with E-state index in [0.29, 0.717) is 18.8 Å². The Hall–Kier alpha value is -1.47. The van der Waals surface area contributed by atoms with Crippen molar-refractivity contribution in [2.45, 2.75) is 12.0 Å². The van der Waals surface area contributed by atoms with Crippen LogP contribution < -0.4 is 5.32 Å². The molecule has 76 valence electrons. The Bertz CT molecular complexity index is 358. The molecule has 0 aliphatic carbocycles. The molecule has 1 aromatic rings. The van der Waals surface area contributed by atoms with Gasteiger partial charge in [-0.3, -0.25) is 15.2 Å². The second-order valence-corrected chi connectivity index (χ2v) is 3.50. The van der Waals surface area contributed by atoms with Gasteiger partial charge in [-0.05, 0) is 0 Å². The number of nitro groups is 1. The second kappa shape index (κ2) is 3.03. The Morgan fingerprint density at radius 1 is 1.71 bits per heavy atom. The number of β-amino-alcohol motifs (C(OH)–C–C–N with tert-alkyl or cyclic N) is 1. The van der Waals surface area contributed by atoms with Crippen LogP contribution in [0.1, 0.15) is 5.69 Å². The minimum atomic E-state index is -0.864. The molecule has 14 heavy (non-hydrogen) atoms. The first kappa shape index (κ1) is 9.10. The Balaban J connectivity index is 2.16. The molecule has 1 aliphatic heterocycles. The van der Waals surface area contributed by atoms with Gasteiger partial charge in [0.25, 0.3) is 0 Å². The Kier molecular flexibility index (Phi) is 1.97. The normalized spacial score (nSPS) is 18.9. The van der Waals surface area contributed by atoms with Gasteiger partial charge in [0.15, 0.2) is 0 Å². The molecule has 0 atom stereocenters. The molecule has 1 saturated heterocycles. The minimum Gasteiger partial charge on any atom is -0.387 e. The van der Waals surface area contributed by atoms with E-state index in [4.69, 9.17) is 0 Å². The summed E-state index contributed by atoms with van der Waals surface area (Å²) in [5.41, 5.74) is -0.554. The van der Waals surface area contributed by atoms with Crippen LogP contribution in [0.3, 0.4) is 0 Å². The van der Waals surface area contributed by atoms with Gasteiger partial charge in [0.2, 0.25) is 0 Å². The molecule has 2 heterocycles. The lowest BCUT2D eigenvalue weighted by atomic mass is 9.91. The summed E-state index contributed by atoms with van der Waals surface area (Å²) in [6.45, 7) is 0.923. The highest BCUT2D eigenvalue weighted by molar-refractivity contribution is 5.33. The number of aromatic nitrogens is 2. The quantitative estimate of drug-likeness (QED) is 0.435. The molecule has 7 heteroatoms. The first-order chi connectivity index (χ1) is 6.61. The largest absolute Gasteiger partial charge is 0.387 e. The van der Waals surface area contributed by atoms with E-state index in [1.165, 1.54) is 0 Å². The topological polar surface area (TPSA) is 104 Å². The summed E-state index contributed by atoms with van der Waals surface area (Å²) >= 11 is 0. The highest BCUT2D eigenvalue weighted by atomic mass is 16.6. The Labute approximate surface area is 79.3 Å². The van der Waals surface area contributed by atoms with Crippen LogP contribution in [0, 0.1) is 10.1 Å². The molecule has 0 unspecified atom stereocenters. The summed E-state index contributed by atoms with van der Waals surface area (Å²) < 4.78 is 0. The molecule has 1 fully saturated rings. The van der Waals surface area contributed by atoms with Crippen LogP contribution in [0.25, 0.3) is 0 Å². The molecule has 0 spiro atoms. The molecule has 0 bridgehead atoms. The van der Waals surface area contributed by atoms with Crippen molar-refractivity contribution < 1.29 is 10.0 Å². The van der Waals surface area contributed by atoms with Crippen molar-refractivity contribution in [2.75, 3.05) is 13.1 Å². The van der Waals surface area contributed by atoms with Gasteiger partial charge >= 0.3 is 5.69 Å². The van der Waals surface area contributed by atoms with Crippen molar-refractivity contribution in [3.05, 3.63) is 22.0 Å². The fourth-order valence-corrected chi connectivity index (χ4v) is 1.46. The van der Waals surface area contributed by atoms with Crippen LogP contribution in [-0.4, -0.2) is 38.9 Å². The van der Waals surface area contributed by atoms with E-state index in [0.717, 1.165) is 6.20 Å². The van der Waals surface area contributed by atoms with Crippen LogP contribution in [-0.2, 0) is 6.42 Å². The van der Waals surface area contributed by atoms with Gasteiger partial charge in [0.05, 0.1) is 10.5 Å². The van der Waals surface area contributed by atoms with Gasteiger partial charge in [-0.25, -0.2) is 0 Å². The minimum absolute atomic E-state index is 0.0645. The van der Waals surface area contributed by atoms with E-state index < -0.39 is 10.5 Å². The molecule has 0 aromatic carbocycles. The van der Waals surface area contributed by atoms with Crippen LogP contribution >= 0.6 is 0 Å². The molecule has 1 aromatic heterocycles. The summed E-state index contributed by atoms with van der Waals surface area (Å²) in [5, 5.41) is 29.3. The molecule has 3 N–H and O–H groups in total. The number of H-pyrrole nitrogens is 1. The predicted octanol–water partition coefficient (Wildman–Crippen LogP) is -0.805. The Morgan fingerprint density at radius 2 is 2.43 bits per heavy atom. The lowest BCUT2D eigenvalue weighted by Crippen LogP contribution is -2.60. The fraction of sp³-hybridized carbons (Fsp3) is 0.571. The van der Waals surface area contributed by atoms with Gasteiger partial charge in [-0.1, -0.05) is 0 Å². The van der Waals surface area contributed by atoms with Gasteiger partial charge < -0.3 is 10.4 Å². The third kappa shape index (κ3) is 1.47. The SMILES string of the molecule is O=[N+]([O-])c1cn[nH]c1CC1(O)CNC1. The number of aromatic amines is 1. The number of nitrogens with one attached hydrogen (secondary N) is 2. The summed E-state index contributed by atoms with van der Waals surface area (Å²) in [5.74, 6) is 0. The highest BCUT2D eigenvalue weighted by Crippen LogP contribution is 2.22. The number of nitrogens with zero attached hydrogens (tertiary/aromatic N) is 2. The zero-order valence-electron chi connectivity index (χ0n) is 7.36. The lowest BCUT2D eigenvalue weighted by molar-refractivity contribution is -0.385. The number of rotatable bonds is 3. The van der Waals surface area contributed by atoms with Crippen LogP contribution in [0.4, 0.5) is 5.69 Å². The van der Waals surface area contributed by atoms with E-state index in [-0.39, 0.29) is 12.1 Å². The molecule has 1 aliphatic rings. The smallest absolute Gasteiger partial charge is 0.310 e. The molecule has 0 amide bonds. The van der Waals surface area contributed by atoms with E-state index in [9.17, 15) is 15.2 Å². The summed E-state index contributed by atoms with van der Waals surface area (Å²) in [6, 6.07) is 0. The van der Waals surface area contributed by atoms with E-state index in [2.05, 4.69) is 15.5 Å². The summed E-state index contributed by atoms with van der Waals surface area (Å²) in [4.78, 5) is 10.0. The first-order valence-electron chi connectivity index (χ1n) is 4.20. The van der Waals surface area contributed by atoms with E-state index >= 15 is 0 Å². The van der Waals surface area contributed by atoms with Gasteiger partial charge in [-0.15, -0.1) is 0 Å². The lowest BCUT2D eigenvalue weighted by Gasteiger charge is -2.36. The molecule has 2 rings (SSSR count). The third-order valence-corrected chi connectivity index (χ3v) is 2.31. The monoisotopic (exact) mass is 198 g/mol. The maximum absolute atomic E-state index is 10.5. The van der Waals surface area contributed by atoms with Gasteiger partial charge in [0, 0.05) is 19.5 Å². The molecule has 0 saturated carbocycles. The van der Waals surface area contributed by atoms with E-state index in [1.807, 2.05) is 0 Å². The number of aliphatic hydroxyl groups is 1. The standard InChI is InChI=1S/C7H10N4O3/c12-7(3-8-4-7)1-5-6(11(13)14)2-9-10-5/h2,8,12H,1,3-4H2,(H,9,10). The van der Waals surface area contributed by atoms with Crippen molar-refractivity contribution in [3.63, 3.8) is 0 Å². The van der Waals surface area contributed by atoms with Crippen LogP contribution in [0.5, 0.6) is 0 Å². The Morgan fingerprint density at radius 3 is 2.93 bits per heavy atom. The van der Waals surface area contributed by atoms with Crippen molar-refractivity contribution >= 4 is 5.69 Å². The van der Waals surface area contributed by atoms with Crippen molar-refractivity contribution in [3.8, 4) is 0 Å². The maximum Gasteiger partial charge on any atom is 0.310 e. The maximum atomic E-state index is 10.5. The third-order valence-electron chi connectivity index (χ3n) is 2.31. The average Bonchev–Trinajstić information content (AvgIpc) is 2.49. The second-order valence-electron chi connectivity index (χ2n) is 3.50. The number of hydrogen-bond donors (Lipinski definition) is 3. The first-order valence-corrected chi connectivity index (χ1v) is 4.20. The predicted molar refractivity (Wildman–Crippen MR) is 46.8 cm³/mol. The molecular weight excluding hydrogens is 188 g/mol. The summed E-state index contributed by atoms with van der Waals surface area (Å²) in [7, 11) is 0. The van der Waals surface area contributed by atoms with Gasteiger partial charge in [-0.2, -0.15) is 5.10 Å². The van der Waals surface area contributed by atoms with Crippen molar-refractivity contribution in [2.24, 2.45) is 0 Å². The molecule has 0 radical (unpaired) electrons. The van der Waals surface area contributed by atoms with E-state index in [1.54, 1.807) is 0 Å². The average molecular weight is 198 g/mol. The van der Waals surface area contributed by atoms with Crippen molar-refractivity contribution in [1.82, 2.24) is 15.5 Å². The summed E-state index contributed by atoms with van der Waals surface area (Å²) in [6.07, 6.45) is 1.39. The zero-order chi connectivity index (χ0) is 10.2. The fourth-order valence-electron chi connectivity index (χ4n) is 1.46. The van der Waals surface area contributed by atoms with Crippen LogP contribution in [0.2, 0.25) is 0 Å². The molecule has 7 nitrogen and oxygen atoms in total. The zero-order valence-corrected chi connectivity index (χ0v) is 7.36. The van der Waals surface area contributed by atoms with Crippen molar-refractivity contribution in [1.29, 1.82) is 0 Å².